The Bertz CT molecular complexity index is 469. The fourth-order valence-electron chi connectivity index (χ4n) is 2.72. The van der Waals surface area contributed by atoms with Crippen molar-refractivity contribution in [1.82, 2.24) is 4.98 Å². The zero-order chi connectivity index (χ0) is 13.8. The number of aromatic nitrogens is 1. The van der Waals surface area contributed by atoms with Gasteiger partial charge in [-0.15, -0.1) is 0 Å². The van der Waals surface area contributed by atoms with Gasteiger partial charge in [-0.1, -0.05) is 6.92 Å². The van der Waals surface area contributed by atoms with Crippen LogP contribution in [-0.2, 0) is 16.7 Å². The van der Waals surface area contributed by atoms with E-state index in [-0.39, 0.29) is 0 Å². The molecule has 6 heteroatoms. The first-order valence-electron chi connectivity index (χ1n) is 6.76. The molecule has 1 aromatic heterocycles. The summed E-state index contributed by atoms with van der Waals surface area (Å²) >= 11 is 0. The van der Waals surface area contributed by atoms with Crippen molar-refractivity contribution in [1.29, 1.82) is 0 Å². The molecule has 0 amide bonds. The maximum absolute atomic E-state index is 11.1. The number of piperidine rings is 1. The summed E-state index contributed by atoms with van der Waals surface area (Å²) in [5, 5.41) is 5.35. The summed E-state index contributed by atoms with van der Waals surface area (Å²) in [6.07, 6.45) is 4.77. The van der Waals surface area contributed by atoms with E-state index in [1.807, 2.05) is 6.07 Å². The molecule has 1 aromatic rings. The molecule has 0 aliphatic carbocycles. The van der Waals surface area contributed by atoms with Gasteiger partial charge in [0.05, 0.1) is 16.7 Å². The number of pyridine rings is 1. The van der Waals surface area contributed by atoms with E-state index in [1.165, 1.54) is 19.3 Å². The second kappa shape index (κ2) is 6.52. The topological polar surface area (TPSA) is 59.2 Å². The fraction of sp³-hybridized carbons (Fsp3) is 0.615. The van der Waals surface area contributed by atoms with Gasteiger partial charge < -0.3 is 4.90 Å². The van der Waals surface area contributed by atoms with Crippen LogP contribution in [0.5, 0.6) is 0 Å². The van der Waals surface area contributed by atoms with Crippen molar-refractivity contribution in [2.75, 3.05) is 11.4 Å². The number of nitrogens with two attached hydrogens (primary N) is 1. The number of nitrogens with zero attached hydrogens (tertiary/aromatic N) is 2. The van der Waals surface area contributed by atoms with Gasteiger partial charge in [0, 0.05) is 12.6 Å². The van der Waals surface area contributed by atoms with Crippen molar-refractivity contribution in [2.45, 2.75) is 44.4 Å². The highest BCUT2D eigenvalue weighted by atomic mass is 32.2. The van der Waals surface area contributed by atoms with Crippen LogP contribution in [-0.4, -0.2) is 29.6 Å². The molecule has 2 atom stereocenters. The van der Waals surface area contributed by atoms with E-state index in [4.69, 9.17) is 13.0 Å². The first-order valence-corrected chi connectivity index (χ1v) is 8.14. The minimum absolute atomic E-state index is 0.324. The lowest BCUT2D eigenvalue weighted by Crippen LogP contribution is -2.40. The molecule has 1 fully saturated rings. The molecule has 102 valence electrons. The molecule has 2 rings (SSSR count). The van der Waals surface area contributed by atoms with Crippen molar-refractivity contribution in [3.8, 4) is 0 Å². The molecule has 19 heavy (non-hydrogen) atoms. The van der Waals surface area contributed by atoms with Crippen LogP contribution in [0.2, 0.25) is 0 Å². The Labute approximate surface area is 118 Å². The first kappa shape index (κ1) is 14.5. The maximum Gasteiger partial charge on any atom is 0.141 e. The number of hydrogen-bond donors (Lipinski definition) is 1. The largest absolute Gasteiger partial charge is 0.354 e. The molecule has 1 aliphatic rings. The molecule has 0 saturated carbocycles. The van der Waals surface area contributed by atoms with Crippen LogP contribution in [0.4, 0.5) is 5.82 Å². The molecule has 4 nitrogen and oxygen atoms in total. The molecule has 2 heterocycles. The van der Waals surface area contributed by atoms with E-state index < -0.39 is 11.0 Å². The Morgan fingerprint density at radius 3 is 3.00 bits per heavy atom. The quantitative estimate of drug-likeness (QED) is 0.827. The number of anilines is 1. The van der Waals surface area contributed by atoms with E-state index in [0.717, 1.165) is 24.3 Å². The van der Waals surface area contributed by atoms with Crippen LogP contribution in [0.3, 0.4) is 0 Å². The van der Waals surface area contributed by atoms with Crippen molar-refractivity contribution < 1.29 is 4.21 Å². The molecule has 0 bridgehead atoms. The van der Waals surface area contributed by atoms with Crippen LogP contribution in [0, 0.1) is 0 Å². The lowest BCUT2D eigenvalue weighted by Gasteiger charge is -2.36. The van der Waals surface area contributed by atoms with Gasteiger partial charge in [0.25, 0.3) is 0 Å². The van der Waals surface area contributed by atoms with Crippen LogP contribution in [0.1, 0.15) is 38.2 Å². The van der Waals surface area contributed by atoms with Crippen molar-refractivity contribution in [3.63, 3.8) is 0 Å². The molecule has 1 aliphatic heterocycles. The summed E-state index contributed by atoms with van der Waals surface area (Å²) in [6, 6.07) is 4.24. The zero-order valence-corrected chi connectivity index (χ0v) is 12.2. The Balaban J connectivity index is 2.27. The zero-order valence-electron chi connectivity index (χ0n) is 11.3. The predicted octanol–water partition coefficient (Wildman–Crippen LogP) is 0.767. The molecule has 0 spiro atoms. The van der Waals surface area contributed by atoms with E-state index in [1.54, 1.807) is 6.07 Å². The van der Waals surface area contributed by atoms with Gasteiger partial charge in [-0.2, -0.15) is 0 Å². The van der Waals surface area contributed by atoms with Crippen LogP contribution in [0.25, 0.3) is 0 Å². The third kappa shape index (κ3) is 3.80. The van der Waals surface area contributed by atoms with Gasteiger partial charge in [0.1, 0.15) is 13.7 Å². The van der Waals surface area contributed by atoms with E-state index >= 15 is 0 Å². The molecule has 2 radical (unpaired) electrons. The number of rotatable bonds is 4. The average molecular weight is 277 g/mol. The monoisotopic (exact) mass is 277 g/mol. The highest BCUT2D eigenvalue weighted by molar-refractivity contribution is 7.81. The van der Waals surface area contributed by atoms with Crippen molar-refractivity contribution in [3.05, 3.63) is 17.7 Å². The van der Waals surface area contributed by atoms with Gasteiger partial charge in [-0.05, 0) is 49.0 Å². The van der Waals surface area contributed by atoms with Gasteiger partial charge in [-0.25, -0.2) is 9.19 Å². The molecule has 2 N–H and O–H groups in total. The summed E-state index contributed by atoms with van der Waals surface area (Å²) in [6.45, 7) is 3.21. The van der Waals surface area contributed by atoms with Crippen LogP contribution in [0.15, 0.2) is 12.1 Å². The summed E-state index contributed by atoms with van der Waals surface area (Å²) in [5.41, 5.74) is 1.36. The Hall–Kier alpha value is -0.875. The summed E-state index contributed by atoms with van der Waals surface area (Å²) in [5.74, 6) is 1.22. The van der Waals surface area contributed by atoms with Gasteiger partial charge in [0.2, 0.25) is 0 Å². The van der Waals surface area contributed by atoms with Gasteiger partial charge >= 0.3 is 0 Å². The minimum Gasteiger partial charge on any atom is -0.354 e. The SMILES string of the molecule is [B]c1cc(CS(N)=O)cc(N2CCCC[C@@H]2CC)n1. The lowest BCUT2D eigenvalue weighted by molar-refractivity contribution is 0.447. The van der Waals surface area contributed by atoms with E-state index in [9.17, 15) is 4.21 Å². The Morgan fingerprint density at radius 1 is 1.53 bits per heavy atom. The lowest BCUT2D eigenvalue weighted by atomic mass is 9.98. The van der Waals surface area contributed by atoms with E-state index in [0.29, 0.717) is 17.4 Å². The second-order valence-corrected chi connectivity index (χ2v) is 6.08. The standard InChI is InChI=1S/C13H20BN3OS/c1-2-11-5-3-4-6-17(11)13-8-10(9-19(15)18)7-12(14)16-13/h7-8,11H,2-6,9,15H2,1H3/t11-,19?/m0/s1. The first-order chi connectivity index (χ1) is 9.10. The van der Waals surface area contributed by atoms with Gasteiger partial charge in [-0.3, -0.25) is 5.14 Å². The third-order valence-corrected chi connectivity index (χ3v) is 4.21. The smallest absolute Gasteiger partial charge is 0.141 e. The third-order valence-electron chi connectivity index (χ3n) is 3.59. The normalized spacial score (nSPS) is 21.4. The Kier molecular flexibility index (Phi) is 4.99. The van der Waals surface area contributed by atoms with Crippen molar-refractivity contribution >= 4 is 30.2 Å². The molecule has 1 saturated heterocycles. The fourth-order valence-corrected chi connectivity index (χ4v) is 3.21. The average Bonchev–Trinajstić information content (AvgIpc) is 2.37. The molecule has 0 aromatic carbocycles. The predicted molar refractivity (Wildman–Crippen MR) is 80.9 cm³/mol. The number of hydrogen-bond acceptors (Lipinski definition) is 3. The maximum atomic E-state index is 11.1. The second-order valence-electron chi connectivity index (χ2n) is 5.03. The molecule has 1 unspecified atom stereocenters. The highest BCUT2D eigenvalue weighted by Crippen LogP contribution is 2.25. The van der Waals surface area contributed by atoms with Crippen LogP contribution < -0.4 is 15.6 Å². The highest BCUT2D eigenvalue weighted by Gasteiger charge is 2.22. The summed E-state index contributed by atoms with van der Waals surface area (Å²) in [7, 11) is 4.50. The minimum atomic E-state index is -1.35. The molecular weight excluding hydrogens is 257 g/mol. The van der Waals surface area contributed by atoms with Crippen LogP contribution >= 0.6 is 0 Å². The van der Waals surface area contributed by atoms with E-state index in [2.05, 4.69) is 16.8 Å². The molecular formula is C13H20BN3OS. The summed E-state index contributed by atoms with van der Waals surface area (Å²) < 4.78 is 11.1. The Morgan fingerprint density at radius 2 is 2.32 bits per heavy atom. The van der Waals surface area contributed by atoms with Crippen molar-refractivity contribution in [2.24, 2.45) is 5.14 Å². The van der Waals surface area contributed by atoms with Gasteiger partial charge in [0.15, 0.2) is 0 Å². The summed E-state index contributed by atoms with van der Waals surface area (Å²) in [4.78, 5) is 6.75.